The van der Waals surface area contributed by atoms with Gasteiger partial charge in [0, 0.05) is 0 Å². The maximum Gasteiger partial charge on any atom is 0.0585 e. The second kappa shape index (κ2) is 7.69. The highest BCUT2D eigenvalue weighted by atomic mass is 31.2. The molecule has 0 unspecified atom stereocenters. The summed E-state index contributed by atoms with van der Waals surface area (Å²) in [6, 6.07) is 0. The Bertz CT molecular complexity index is 102. The van der Waals surface area contributed by atoms with E-state index < -0.39 is 8.60 Å². The Hall–Kier alpha value is 0.0500. The van der Waals surface area contributed by atoms with Crippen molar-refractivity contribution in [2.45, 2.75) is 38.2 Å². The van der Waals surface area contributed by atoms with Crippen LogP contribution in [0.3, 0.4) is 0 Å². The summed E-state index contributed by atoms with van der Waals surface area (Å²) in [6.07, 6.45) is 5.22. The maximum absolute atomic E-state index is 10.1. The summed E-state index contributed by atoms with van der Waals surface area (Å²) in [5.74, 6) is 0. The highest BCUT2D eigenvalue weighted by Crippen LogP contribution is 2.27. The largest absolute Gasteiger partial charge is 0.820 e. The molecule has 1 saturated carbocycles. The molecule has 0 bridgehead atoms. The van der Waals surface area contributed by atoms with Crippen molar-refractivity contribution in [1.29, 1.82) is 0 Å². The van der Waals surface area contributed by atoms with Gasteiger partial charge in [0.05, 0.1) is 6.10 Å². The van der Waals surface area contributed by atoms with Crippen molar-refractivity contribution in [3.8, 4) is 0 Å². The molecule has 0 radical (unpaired) electrons. The van der Waals surface area contributed by atoms with Crippen molar-refractivity contribution in [3.05, 3.63) is 13.2 Å². The SMILES string of the molecule is C=C.[O-]P([O-])OC1CCCCC1. The van der Waals surface area contributed by atoms with Crippen molar-refractivity contribution in [2.24, 2.45) is 0 Å². The molecule has 1 aliphatic carbocycles. The third-order valence-corrected chi connectivity index (χ3v) is 2.26. The molecular formula is C8H15O3P-2. The van der Waals surface area contributed by atoms with Crippen LogP contribution >= 0.6 is 8.60 Å². The maximum atomic E-state index is 10.1. The first-order valence-electron chi connectivity index (χ1n) is 4.10. The Morgan fingerprint density at radius 2 is 1.58 bits per heavy atom. The first-order valence-corrected chi connectivity index (χ1v) is 5.20. The van der Waals surface area contributed by atoms with Gasteiger partial charge in [0.1, 0.15) is 0 Å². The third-order valence-electron chi connectivity index (χ3n) is 1.79. The molecule has 0 N–H and O–H groups in total. The van der Waals surface area contributed by atoms with Gasteiger partial charge in [0.2, 0.25) is 0 Å². The average Bonchev–Trinajstić information content (AvgIpc) is 2.08. The Labute approximate surface area is 75.1 Å². The zero-order valence-corrected chi connectivity index (χ0v) is 8.09. The normalized spacial score (nSPS) is 18.6. The third kappa shape index (κ3) is 5.67. The van der Waals surface area contributed by atoms with Crippen LogP contribution in [0.25, 0.3) is 0 Å². The second-order valence-electron chi connectivity index (χ2n) is 2.59. The van der Waals surface area contributed by atoms with Gasteiger partial charge in [-0.15, -0.1) is 13.2 Å². The van der Waals surface area contributed by atoms with Gasteiger partial charge in [-0.25, -0.2) is 0 Å². The summed E-state index contributed by atoms with van der Waals surface area (Å²) in [5.41, 5.74) is 0. The molecule has 1 aliphatic rings. The predicted octanol–water partition coefficient (Wildman–Crippen LogP) is 1.09. The van der Waals surface area contributed by atoms with Gasteiger partial charge < -0.3 is 14.3 Å². The summed E-state index contributed by atoms with van der Waals surface area (Å²) >= 11 is 0. The van der Waals surface area contributed by atoms with E-state index in [-0.39, 0.29) is 6.10 Å². The summed E-state index contributed by atoms with van der Waals surface area (Å²) in [5, 5.41) is 0. The van der Waals surface area contributed by atoms with Crippen molar-refractivity contribution < 1.29 is 14.3 Å². The molecule has 0 spiro atoms. The molecule has 3 nitrogen and oxygen atoms in total. The fraction of sp³-hybridized carbons (Fsp3) is 0.750. The van der Waals surface area contributed by atoms with E-state index in [0.717, 1.165) is 25.7 Å². The molecule has 0 amide bonds. The highest BCUT2D eigenvalue weighted by molar-refractivity contribution is 7.36. The summed E-state index contributed by atoms with van der Waals surface area (Å²) in [4.78, 5) is 20.2. The Kier molecular flexibility index (Phi) is 7.72. The zero-order chi connectivity index (χ0) is 9.40. The molecule has 0 aromatic rings. The molecule has 0 heterocycles. The molecule has 0 aliphatic heterocycles. The van der Waals surface area contributed by atoms with E-state index in [4.69, 9.17) is 0 Å². The van der Waals surface area contributed by atoms with Crippen LogP contribution in [0, 0.1) is 0 Å². The minimum Gasteiger partial charge on any atom is -0.820 e. The van der Waals surface area contributed by atoms with Crippen molar-refractivity contribution in [3.63, 3.8) is 0 Å². The minimum absolute atomic E-state index is 0.0186. The van der Waals surface area contributed by atoms with Gasteiger partial charge in [-0.1, -0.05) is 19.3 Å². The smallest absolute Gasteiger partial charge is 0.0585 e. The van der Waals surface area contributed by atoms with Crippen LogP contribution in [0.1, 0.15) is 32.1 Å². The predicted molar refractivity (Wildman–Crippen MR) is 46.1 cm³/mol. The highest BCUT2D eigenvalue weighted by Gasteiger charge is 2.11. The Morgan fingerprint density at radius 3 is 2.00 bits per heavy atom. The first-order chi connectivity index (χ1) is 5.79. The van der Waals surface area contributed by atoms with E-state index in [9.17, 15) is 9.79 Å². The van der Waals surface area contributed by atoms with E-state index >= 15 is 0 Å². The minimum atomic E-state index is -2.62. The molecule has 0 saturated heterocycles. The van der Waals surface area contributed by atoms with Gasteiger partial charge in [0.25, 0.3) is 0 Å². The average molecular weight is 190 g/mol. The lowest BCUT2D eigenvalue weighted by atomic mass is 9.98. The fourth-order valence-electron chi connectivity index (χ4n) is 1.29. The van der Waals surface area contributed by atoms with Crippen molar-refractivity contribution in [2.75, 3.05) is 0 Å². The molecule has 1 fully saturated rings. The number of rotatable bonds is 2. The van der Waals surface area contributed by atoms with Crippen LogP contribution < -0.4 is 9.79 Å². The quantitative estimate of drug-likeness (QED) is 0.483. The zero-order valence-electron chi connectivity index (χ0n) is 7.20. The van der Waals surface area contributed by atoms with Crippen LogP contribution in [-0.2, 0) is 4.52 Å². The lowest BCUT2D eigenvalue weighted by Gasteiger charge is -2.35. The molecule has 12 heavy (non-hydrogen) atoms. The lowest BCUT2D eigenvalue weighted by molar-refractivity contribution is -0.321. The monoisotopic (exact) mass is 190 g/mol. The van der Waals surface area contributed by atoms with E-state index in [1.807, 2.05) is 0 Å². The molecule has 4 heteroatoms. The van der Waals surface area contributed by atoms with Crippen LogP contribution in [-0.4, -0.2) is 6.10 Å². The van der Waals surface area contributed by atoms with Crippen molar-refractivity contribution >= 4 is 8.60 Å². The van der Waals surface area contributed by atoms with Crippen LogP contribution in [0.5, 0.6) is 0 Å². The van der Waals surface area contributed by atoms with E-state index in [1.54, 1.807) is 0 Å². The number of hydrogen-bond acceptors (Lipinski definition) is 3. The summed E-state index contributed by atoms with van der Waals surface area (Å²) in [6.45, 7) is 6.00. The van der Waals surface area contributed by atoms with Gasteiger partial charge in [-0.3, -0.25) is 0 Å². The van der Waals surface area contributed by atoms with E-state index in [1.165, 1.54) is 6.42 Å². The Morgan fingerprint density at radius 1 is 1.08 bits per heavy atom. The molecule has 0 aromatic carbocycles. The molecule has 0 atom stereocenters. The molecule has 1 rings (SSSR count). The van der Waals surface area contributed by atoms with Crippen LogP contribution in [0.2, 0.25) is 0 Å². The van der Waals surface area contributed by atoms with Crippen LogP contribution in [0.15, 0.2) is 13.2 Å². The van der Waals surface area contributed by atoms with Gasteiger partial charge in [-0.05, 0) is 12.8 Å². The van der Waals surface area contributed by atoms with Crippen molar-refractivity contribution in [1.82, 2.24) is 0 Å². The van der Waals surface area contributed by atoms with E-state index in [0.29, 0.717) is 0 Å². The van der Waals surface area contributed by atoms with E-state index in [2.05, 4.69) is 17.7 Å². The standard InChI is InChI=1S/C6H11O3P.C2H4/c7-10(8)9-6-4-2-1-3-5-6;1-2/h6H,1-5H2;1-2H2/q-2;. The molecule has 0 aromatic heterocycles. The summed E-state index contributed by atoms with van der Waals surface area (Å²) < 4.78 is 4.64. The molecule has 72 valence electrons. The first kappa shape index (κ1) is 12.0. The fourth-order valence-corrected chi connectivity index (χ4v) is 1.75. The topological polar surface area (TPSA) is 55.3 Å². The Balaban J connectivity index is 0.000000561. The summed E-state index contributed by atoms with van der Waals surface area (Å²) in [7, 11) is -2.62. The van der Waals surface area contributed by atoms with Crippen LogP contribution in [0.4, 0.5) is 0 Å². The molecular weight excluding hydrogens is 175 g/mol. The lowest BCUT2D eigenvalue weighted by Crippen LogP contribution is -2.20. The van der Waals surface area contributed by atoms with Gasteiger partial charge in [0.15, 0.2) is 0 Å². The van der Waals surface area contributed by atoms with Gasteiger partial charge >= 0.3 is 0 Å². The number of hydrogen-bond donors (Lipinski definition) is 0. The van der Waals surface area contributed by atoms with Gasteiger partial charge in [-0.2, -0.15) is 8.60 Å². The second-order valence-corrected chi connectivity index (χ2v) is 3.25.